The number of hydrogen-bond acceptors (Lipinski definition) is 3. The zero-order valence-corrected chi connectivity index (χ0v) is 13.2. The molecule has 1 aliphatic rings. The molecule has 2 rings (SSSR count). The predicted octanol–water partition coefficient (Wildman–Crippen LogP) is 3.93. The Morgan fingerprint density at radius 3 is 2.94 bits per heavy atom. The van der Waals surface area contributed by atoms with E-state index in [-0.39, 0.29) is 5.54 Å². The van der Waals surface area contributed by atoms with Crippen molar-refractivity contribution >= 4 is 43.2 Å². The normalized spacial score (nSPS) is 25.9. The quantitative estimate of drug-likeness (QED) is 0.872. The second-order valence-electron chi connectivity index (χ2n) is 4.40. The van der Waals surface area contributed by atoms with E-state index in [0.717, 1.165) is 34.4 Å². The van der Waals surface area contributed by atoms with E-state index in [1.54, 1.807) is 11.3 Å². The van der Waals surface area contributed by atoms with Crippen molar-refractivity contribution in [2.45, 2.75) is 31.8 Å². The first kappa shape index (κ1) is 13.0. The fourth-order valence-electron chi connectivity index (χ4n) is 1.85. The van der Waals surface area contributed by atoms with Crippen LogP contribution in [0.15, 0.2) is 14.3 Å². The van der Waals surface area contributed by atoms with Crippen LogP contribution in [0.2, 0.25) is 0 Å². The molecule has 0 aromatic carbocycles. The van der Waals surface area contributed by atoms with Crippen LogP contribution in [0.25, 0.3) is 0 Å². The lowest BCUT2D eigenvalue weighted by Crippen LogP contribution is -2.48. The SMILES string of the molecule is CC1(NCc2cc(Br)c(Br)s2)CCCOC1. The molecule has 0 spiro atoms. The van der Waals surface area contributed by atoms with Gasteiger partial charge in [0.15, 0.2) is 0 Å². The molecule has 1 atom stereocenters. The number of halogens is 2. The Balaban J connectivity index is 1.91. The highest BCUT2D eigenvalue weighted by atomic mass is 79.9. The Morgan fingerprint density at radius 2 is 2.38 bits per heavy atom. The van der Waals surface area contributed by atoms with Crippen molar-refractivity contribution in [3.8, 4) is 0 Å². The Labute approximate surface area is 117 Å². The van der Waals surface area contributed by atoms with Crippen molar-refractivity contribution in [3.63, 3.8) is 0 Å². The molecule has 0 saturated carbocycles. The second kappa shape index (κ2) is 5.48. The molecule has 0 radical (unpaired) electrons. The first-order valence-electron chi connectivity index (χ1n) is 5.36. The van der Waals surface area contributed by atoms with Crippen LogP contribution >= 0.6 is 43.2 Å². The van der Waals surface area contributed by atoms with Gasteiger partial charge in [0.05, 0.1) is 10.4 Å². The van der Waals surface area contributed by atoms with Gasteiger partial charge in [0, 0.05) is 28.0 Å². The number of thiophene rings is 1. The third-order valence-electron chi connectivity index (χ3n) is 2.82. The second-order valence-corrected chi connectivity index (χ2v) is 7.71. The number of nitrogens with one attached hydrogen (secondary N) is 1. The summed E-state index contributed by atoms with van der Waals surface area (Å²) in [6.45, 7) is 4.88. The molecule has 1 saturated heterocycles. The standard InChI is InChI=1S/C11H15Br2NOS/c1-11(3-2-4-15-7-11)14-6-8-5-9(12)10(13)16-8/h5,14H,2-4,6-7H2,1H3. The molecule has 5 heteroatoms. The van der Waals surface area contributed by atoms with E-state index in [4.69, 9.17) is 4.74 Å². The molecule has 0 amide bonds. The van der Waals surface area contributed by atoms with Gasteiger partial charge in [0.2, 0.25) is 0 Å². The lowest BCUT2D eigenvalue weighted by molar-refractivity contribution is 0.0279. The van der Waals surface area contributed by atoms with Gasteiger partial charge in [-0.3, -0.25) is 0 Å². The zero-order valence-electron chi connectivity index (χ0n) is 9.19. The van der Waals surface area contributed by atoms with Gasteiger partial charge in [0.25, 0.3) is 0 Å². The van der Waals surface area contributed by atoms with Crippen molar-refractivity contribution in [1.29, 1.82) is 0 Å². The van der Waals surface area contributed by atoms with Gasteiger partial charge in [-0.2, -0.15) is 0 Å². The summed E-state index contributed by atoms with van der Waals surface area (Å²) in [5, 5.41) is 3.60. The van der Waals surface area contributed by atoms with Crippen LogP contribution < -0.4 is 5.32 Å². The molecular weight excluding hydrogens is 354 g/mol. The summed E-state index contributed by atoms with van der Waals surface area (Å²) >= 11 is 8.79. The van der Waals surface area contributed by atoms with E-state index in [9.17, 15) is 0 Å². The summed E-state index contributed by atoms with van der Waals surface area (Å²) in [7, 11) is 0. The fraction of sp³-hybridized carbons (Fsp3) is 0.636. The van der Waals surface area contributed by atoms with Crippen molar-refractivity contribution in [2.75, 3.05) is 13.2 Å². The smallest absolute Gasteiger partial charge is 0.0843 e. The minimum absolute atomic E-state index is 0.140. The molecule has 2 nitrogen and oxygen atoms in total. The van der Waals surface area contributed by atoms with Gasteiger partial charge in [-0.25, -0.2) is 0 Å². The van der Waals surface area contributed by atoms with Crippen molar-refractivity contribution < 1.29 is 4.74 Å². The molecule has 0 bridgehead atoms. The van der Waals surface area contributed by atoms with Crippen LogP contribution in [0.4, 0.5) is 0 Å². The maximum absolute atomic E-state index is 5.52. The van der Waals surface area contributed by atoms with Crippen molar-refractivity contribution in [2.24, 2.45) is 0 Å². The van der Waals surface area contributed by atoms with Gasteiger partial charge in [-0.1, -0.05) is 0 Å². The first-order valence-corrected chi connectivity index (χ1v) is 7.76. The number of hydrogen-bond donors (Lipinski definition) is 1. The maximum Gasteiger partial charge on any atom is 0.0843 e. The van der Waals surface area contributed by atoms with E-state index in [1.807, 2.05) is 0 Å². The molecule has 1 fully saturated rings. The van der Waals surface area contributed by atoms with Crippen molar-refractivity contribution in [1.82, 2.24) is 5.32 Å². The Bertz CT molecular complexity index is 341. The van der Waals surface area contributed by atoms with Crippen LogP contribution in [0.3, 0.4) is 0 Å². The molecule has 1 unspecified atom stereocenters. The van der Waals surface area contributed by atoms with E-state index in [0.29, 0.717) is 0 Å². The van der Waals surface area contributed by atoms with E-state index in [2.05, 4.69) is 50.2 Å². The van der Waals surface area contributed by atoms with E-state index in [1.165, 1.54) is 11.3 Å². The number of ether oxygens (including phenoxy) is 1. The third kappa shape index (κ3) is 3.29. The zero-order chi connectivity index (χ0) is 11.6. The summed E-state index contributed by atoms with van der Waals surface area (Å²) in [6, 6.07) is 2.16. The minimum atomic E-state index is 0.140. The first-order chi connectivity index (χ1) is 7.59. The van der Waals surface area contributed by atoms with Crippen molar-refractivity contribution in [3.05, 3.63) is 19.2 Å². The predicted molar refractivity (Wildman–Crippen MR) is 75.0 cm³/mol. The summed E-state index contributed by atoms with van der Waals surface area (Å²) in [5.74, 6) is 0. The molecule has 1 N–H and O–H groups in total. The number of rotatable bonds is 3. The van der Waals surface area contributed by atoms with Gasteiger partial charge in [-0.05, 0) is 57.7 Å². The summed E-state index contributed by atoms with van der Waals surface area (Å²) < 4.78 is 7.82. The molecule has 1 aliphatic heterocycles. The summed E-state index contributed by atoms with van der Waals surface area (Å²) in [6.07, 6.45) is 2.35. The highest BCUT2D eigenvalue weighted by Crippen LogP contribution is 2.32. The molecule has 1 aromatic heterocycles. The molecular formula is C11H15Br2NOS. The Hall–Kier alpha value is 0.580. The summed E-state index contributed by atoms with van der Waals surface area (Å²) in [5.41, 5.74) is 0.140. The van der Waals surface area contributed by atoms with Gasteiger partial charge >= 0.3 is 0 Å². The van der Waals surface area contributed by atoms with Gasteiger partial charge in [-0.15, -0.1) is 11.3 Å². The van der Waals surface area contributed by atoms with E-state index < -0.39 is 0 Å². The van der Waals surface area contributed by atoms with E-state index >= 15 is 0 Å². The van der Waals surface area contributed by atoms with Crippen LogP contribution in [0, 0.1) is 0 Å². The molecule has 2 heterocycles. The topological polar surface area (TPSA) is 21.3 Å². The molecule has 1 aromatic rings. The monoisotopic (exact) mass is 367 g/mol. The summed E-state index contributed by atoms with van der Waals surface area (Å²) in [4.78, 5) is 1.34. The lowest BCUT2D eigenvalue weighted by Gasteiger charge is -2.34. The van der Waals surface area contributed by atoms with Crippen LogP contribution in [-0.2, 0) is 11.3 Å². The molecule has 90 valence electrons. The van der Waals surface area contributed by atoms with Gasteiger partial charge in [0.1, 0.15) is 0 Å². The fourth-order valence-corrected chi connectivity index (χ4v) is 3.97. The lowest BCUT2D eigenvalue weighted by atomic mass is 9.95. The average molecular weight is 369 g/mol. The van der Waals surface area contributed by atoms with Crippen LogP contribution in [0.5, 0.6) is 0 Å². The highest BCUT2D eigenvalue weighted by molar-refractivity contribution is 9.13. The van der Waals surface area contributed by atoms with Crippen LogP contribution in [0.1, 0.15) is 24.6 Å². The Kier molecular flexibility index (Phi) is 4.46. The largest absolute Gasteiger partial charge is 0.380 e. The molecule has 16 heavy (non-hydrogen) atoms. The average Bonchev–Trinajstić information content (AvgIpc) is 2.57. The third-order valence-corrected chi connectivity index (χ3v) is 6.08. The van der Waals surface area contributed by atoms with Gasteiger partial charge < -0.3 is 10.1 Å². The van der Waals surface area contributed by atoms with Crippen LogP contribution in [-0.4, -0.2) is 18.8 Å². The minimum Gasteiger partial charge on any atom is -0.380 e. The Morgan fingerprint density at radius 1 is 1.56 bits per heavy atom. The molecule has 0 aliphatic carbocycles. The highest BCUT2D eigenvalue weighted by Gasteiger charge is 2.26. The maximum atomic E-state index is 5.52.